The summed E-state index contributed by atoms with van der Waals surface area (Å²) >= 11 is 1.51. The van der Waals surface area contributed by atoms with Crippen molar-refractivity contribution in [1.82, 2.24) is 20.0 Å². The van der Waals surface area contributed by atoms with E-state index in [1.807, 2.05) is 6.92 Å². The van der Waals surface area contributed by atoms with Crippen molar-refractivity contribution in [3.05, 3.63) is 52.7 Å². The summed E-state index contributed by atoms with van der Waals surface area (Å²) in [4.78, 5) is 24.0. The number of amides is 1. The standard InChI is InChI=1S/C18H17FN4O2S/c1-11-20-9-15(26-11)16-21-17(25-22-16)13-3-2-8-23(10-13)18(24)12-4-6-14(19)7-5-12/h4-7,9,13H,2-3,8,10H2,1H3/t13-/m0/s1. The molecule has 134 valence electrons. The summed E-state index contributed by atoms with van der Waals surface area (Å²) in [5.41, 5.74) is 0.485. The Morgan fingerprint density at radius 2 is 2.15 bits per heavy atom. The van der Waals surface area contributed by atoms with Gasteiger partial charge < -0.3 is 9.42 Å². The Labute approximate surface area is 153 Å². The number of aromatic nitrogens is 3. The number of benzene rings is 1. The SMILES string of the molecule is Cc1ncc(-c2noc([C@H]3CCCN(C(=O)c4ccc(F)cc4)C3)n2)s1. The summed E-state index contributed by atoms with van der Waals surface area (Å²) < 4.78 is 18.5. The monoisotopic (exact) mass is 372 g/mol. The fraction of sp³-hybridized carbons (Fsp3) is 0.333. The van der Waals surface area contributed by atoms with E-state index in [4.69, 9.17) is 4.52 Å². The molecule has 0 saturated carbocycles. The molecule has 4 rings (SSSR count). The Balaban J connectivity index is 1.49. The predicted octanol–water partition coefficient (Wildman–Crippen LogP) is 3.66. The molecule has 1 fully saturated rings. The third-order valence-electron chi connectivity index (χ3n) is 4.43. The number of piperidine rings is 1. The van der Waals surface area contributed by atoms with E-state index >= 15 is 0 Å². The fourth-order valence-electron chi connectivity index (χ4n) is 3.10. The van der Waals surface area contributed by atoms with Crippen LogP contribution in [-0.2, 0) is 0 Å². The molecule has 0 N–H and O–H groups in total. The maximum absolute atomic E-state index is 13.1. The van der Waals surface area contributed by atoms with Crippen molar-refractivity contribution in [2.24, 2.45) is 0 Å². The van der Waals surface area contributed by atoms with Gasteiger partial charge in [0, 0.05) is 24.8 Å². The van der Waals surface area contributed by atoms with Crippen molar-refractivity contribution in [2.45, 2.75) is 25.7 Å². The summed E-state index contributed by atoms with van der Waals surface area (Å²) in [5.74, 6) is 0.626. The second-order valence-electron chi connectivity index (χ2n) is 6.30. The van der Waals surface area contributed by atoms with E-state index in [2.05, 4.69) is 15.1 Å². The van der Waals surface area contributed by atoms with E-state index in [-0.39, 0.29) is 17.6 Å². The number of nitrogens with zero attached hydrogens (tertiary/aromatic N) is 4. The summed E-state index contributed by atoms with van der Waals surface area (Å²) in [7, 11) is 0. The molecule has 0 spiro atoms. The Bertz CT molecular complexity index is 921. The number of rotatable bonds is 3. The van der Waals surface area contributed by atoms with Crippen LogP contribution in [0.2, 0.25) is 0 Å². The predicted molar refractivity (Wildman–Crippen MR) is 94.4 cm³/mol. The van der Waals surface area contributed by atoms with E-state index < -0.39 is 0 Å². The molecule has 1 aromatic carbocycles. The van der Waals surface area contributed by atoms with Gasteiger partial charge in [0.2, 0.25) is 11.7 Å². The van der Waals surface area contributed by atoms with E-state index in [1.165, 1.54) is 35.6 Å². The zero-order chi connectivity index (χ0) is 18.1. The van der Waals surface area contributed by atoms with Crippen molar-refractivity contribution in [2.75, 3.05) is 13.1 Å². The van der Waals surface area contributed by atoms with E-state index in [9.17, 15) is 9.18 Å². The van der Waals surface area contributed by atoms with Gasteiger partial charge in [-0.25, -0.2) is 9.37 Å². The van der Waals surface area contributed by atoms with Crippen LogP contribution in [0.1, 0.15) is 40.0 Å². The lowest BCUT2D eigenvalue weighted by Crippen LogP contribution is -2.39. The highest BCUT2D eigenvalue weighted by Gasteiger charge is 2.29. The van der Waals surface area contributed by atoms with Crippen LogP contribution in [0, 0.1) is 12.7 Å². The molecule has 0 bridgehead atoms. The molecule has 26 heavy (non-hydrogen) atoms. The zero-order valence-corrected chi connectivity index (χ0v) is 15.0. The quantitative estimate of drug-likeness (QED) is 0.702. The van der Waals surface area contributed by atoms with Gasteiger partial charge in [0.05, 0.1) is 15.8 Å². The van der Waals surface area contributed by atoms with Crippen LogP contribution >= 0.6 is 11.3 Å². The first-order valence-corrected chi connectivity index (χ1v) is 9.23. The lowest BCUT2D eigenvalue weighted by atomic mass is 9.97. The van der Waals surface area contributed by atoms with E-state index in [0.29, 0.717) is 30.4 Å². The van der Waals surface area contributed by atoms with Gasteiger partial charge in [-0.05, 0) is 44.0 Å². The molecule has 1 saturated heterocycles. The first-order valence-electron chi connectivity index (χ1n) is 8.41. The molecule has 0 radical (unpaired) electrons. The first kappa shape index (κ1) is 16.8. The molecular weight excluding hydrogens is 355 g/mol. The molecular formula is C18H17FN4O2S. The van der Waals surface area contributed by atoms with Gasteiger partial charge in [-0.1, -0.05) is 5.16 Å². The normalized spacial score (nSPS) is 17.5. The first-order chi connectivity index (χ1) is 12.6. The average molecular weight is 372 g/mol. The third kappa shape index (κ3) is 3.37. The van der Waals surface area contributed by atoms with Gasteiger partial charge in [0.25, 0.3) is 5.91 Å². The van der Waals surface area contributed by atoms with Crippen LogP contribution in [0.4, 0.5) is 4.39 Å². The molecule has 8 heteroatoms. The summed E-state index contributed by atoms with van der Waals surface area (Å²) in [6, 6.07) is 5.63. The van der Waals surface area contributed by atoms with Crippen LogP contribution in [0.25, 0.3) is 10.7 Å². The zero-order valence-electron chi connectivity index (χ0n) is 14.2. The summed E-state index contributed by atoms with van der Waals surface area (Å²) in [6.07, 6.45) is 3.48. The number of halogens is 1. The second kappa shape index (κ2) is 6.95. The number of hydrogen-bond donors (Lipinski definition) is 0. The lowest BCUT2D eigenvalue weighted by molar-refractivity contribution is 0.0695. The Morgan fingerprint density at radius 3 is 2.88 bits per heavy atom. The largest absolute Gasteiger partial charge is 0.339 e. The van der Waals surface area contributed by atoms with Gasteiger partial charge in [0.1, 0.15) is 5.82 Å². The number of carbonyl (C=O) groups is 1. The average Bonchev–Trinajstić information content (AvgIpc) is 3.31. The molecule has 6 nitrogen and oxygen atoms in total. The highest BCUT2D eigenvalue weighted by Crippen LogP contribution is 2.29. The van der Waals surface area contributed by atoms with Crippen molar-refractivity contribution in [1.29, 1.82) is 0 Å². The van der Waals surface area contributed by atoms with Crippen LogP contribution in [0.3, 0.4) is 0 Å². The molecule has 2 aromatic heterocycles. The smallest absolute Gasteiger partial charge is 0.253 e. The fourth-order valence-corrected chi connectivity index (χ4v) is 3.81. The second-order valence-corrected chi connectivity index (χ2v) is 7.53. The lowest BCUT2D eigenvalue weighted by Gasteiger charge is -2.31. The molecule has 3 aromatic rings. The number of aryl methyl sites for hydroxylation is 1. The van der Waals surface area contributed by atoms with Crippen molar-refractivity contribution < 1.29 is 13.7 Å². The van der Waals surface area contributed by atoms with Gasteiger partial charge in [-0.3, -0.25) is 4.79 Å². The van der Waals surface area contributed by atoms with E-state index in [0.717, 1.165) is 22.7 Å². The minimum atomic E-state index is -0.352. The molecule has 1 amide bonds. The minimum absolute atomic E-state index is 0.00316. The third-order valence-corrected chi connectivity index (χ3v) is 5.34. The number of hydrogen-bond acceptors (Lipinski definition) is 6. The van der Waals surface area contributed by atoms with Gasteiger partial charge in [0.15, 0.2) is 0 Å². The molecule has 0 unspecified atom stereocenters. The van der Waals surface area contributed by atoms with Crippen LogP contribution < -0.4 is 0 Å². The highest BCUT2D eigenvalue weighted by atomic mass is 32.1. The van der Waals surface area contributed by atoms with Gasteiger partial charge in [-0.15, -0.1) is 11.3 Å². The van der Waals surface area contributed by atoms with Crippen molar-refractivity contribution in [3.8, 4) is 10.7 Å². The maximum atomic E-state index is 13.1. The van der Waals surface area contributed by atoms with Crippen molar-refractivity contribution in [3.63, 3.8) is 0 Å². The number of thiazole rings is 1. The Hall–Kier alpha value is -2.61. The number of likely N-dealkylation sites (tertiary alicyclic amines) is 1. The Morgan fingerprint density at radius 1 is 1.35 bits per heavy atom. The van der Waals surface area contributed by atoms with Crippen LogP contribution in [0.5, 0.6) is 0 Å². The van der Waals surface area contributed by atoms with Crippen LogP contribution in [0.15, 0.2) is 35.0 Å². The van der Waals surface area contributed by atoms with Gasteiger partial charge >= 0.3 is 0 Å². The maximum Gasteiger partial charge on any atom is 0.253 e. The number of carbonyl (C=O) groups excluding carboxylic acids is 1. The highest BCUT2D eigenvalue weighted by molar-refractivity contribution is 7.14. The molecule has 1 atom stereocenters. The summed E-state index contributed by atoms with van der Waals surface area (Å²) in [6.45, 7) is 3.11. The molecule has 3 heterocycles. The van der Waals surface area contributed by atoms with Crippen molar-refractivity contribution >= 4 is 17.2 Å². The molecule has 0 aliphatic carbocycles. The van der Waals surface area contributed by atoms with E-state index in [1.54, 1.807) is 11.1 Å². The minimum Gasteiger partial charge on any atom is -0.339 e. The summed E-state index contributed by atoms with van der Waals surface area (Å²) in [5, 5.41) is 5.00. The topological polar surface area (TPSA) is 72.1 Å². The van der Waals surface area contributed by atoms with Gasteiger partial charge in [-0.2, -0.15) is 4.98 Å². The molecule has 1 aliphatic rings. The van der Waals surface area contributed by atoms with Crippen LogP contribution in [-0.4, -0.2) is 39.0 Å². The Kier molecular flexibility index (Phi) is 4.50. The molecule has 1 aliphatic heterocycles.